The Hall–Kier alpha value is -0.753. The van der Waals surface area contributed by atoms with Crippen molar-refractivity contribution in [1.82, 2.24) is 0 Å². The number of pyridine rings is 1. The summed E-state index contributed by atoms with van der Waals surface area (Å²) in [7, 11) is 2.55. The third kappa shape index (κ3) is 4.38. The molecule has 0 saturated heterocycles. The number of hydrogen-bond donors (Lipinski definition) is 0. The Bertz CT molecular complexity index is 372. The van der Waals surface area contributed by atoms with E-state index < -0.39 is 8.80 Å². The fourth-order valence-electron chi connectivity index (χ4n) is 2.24. The van der Waals surface area contributed by atoms with E-state index in [0.717, 1.165) is 19.0 Å². The quantitative estimate of drug-likeness (QED) is 0.542. The van der Waals surface area contributed by atoms with E-state index in [-0.39, 0.29) is 0 Å². The van der Waals surface area contributed by atoms with Gasteiger partial charge in [-0.25, -0.2) is 4.57 Å². The minimum Gasteiger partial charge on any atom is -0.377 e. The number of rotatable bonds is 8. The Balaban J connectivity index is 2.62. The van der Waals surface area contributed by atoms with Crippen molar-refractivity contribution < 1.29 is 17.8 Å². The van der Waals surface area contributed by atoms with Crippen LogP contribution in [0.25, 0.3) is 0 Å². The number of hydrogen-bond acceptors (Lipinski definition) is 3. The number of nitrogens with zero attached hydrogens (tertiary/aromatic N) is 1. The van der Waals surface area contributed by atoms with Crippen LogP contribution in [0.5, 0.6) is 0 Å². The first-order chi connectivity index (χ1) is 9.08. The van der Waals surface area contributed by atoms with Crippen molar-refractivity contribution in [2.45, 2.75) is 38.8 Å². The molecule has 0 aliphatic carbocycles. The fraction of sp³-hybridized carbons (Fsp3) is 0.643. The summed E-state index contributed by atoms with van der Waals surface area (Å²) in [5.41, 5.74) is 1.35. The topological polar surface area (TPSA) is 31.6 Å². The molecule has 1 aromatic rings. The van der Waals surface area contributed by atoms with Gasteiger partial charge in [0.25, 0.3) is 0 Å². The van der Waals surface area contributed by atoms with Crippen molar-refractivity contribution in [2.24, 2.45) is 0 Å². The highest BCUT2D eigenvalue weighted by Gasteiger charge is 2.37. The van der Waals surface area contributed by atoms with Crippen molar-refractivity contribution in [3.63, 3.8) is 0 Å². The van der Waals surface area contributed by atoms with Gasteiger partial charge in [-0.2, -0.15) is 0 Å². The van der Waals surface area contributed by atoms with Gasteiger partial charge in [0.15, 0.2) is 11.9 Å². The van der Waals surface area contributed by atoms with Gasteiger partial charge in [0.2, 0.25) is 0 Å². The van der Waals surface area contributed by atoms with Gasteiger partial charge in [-0.15, -0.1) is 0 Å². The van der Waals surface area contributed by atoms with Gasteiger partial charge in [0.1, 0.15) is 6.54 Å². The Morgan fingerprint density at radius 2 is 1.74 bits per heavy atom. The minimum atomic E-state index is -2.43. The smallest absolute Gasteiger partial charge is 0.377 e. The molecule has 0 unspecified atom stereocenters. The second-order valence-electron chi connectivity index (χ2n) is 4.87. The third-order valence-electron chi connectivity index (χ3n) is 3.38. The summed E-state index contributed by atoms with van der Waals surface area (Å²) in [5, 5.41) is 0. The summed E-state index contributed by atoms with van der Waals surface area (Å²) < 4.78 is 18.6. The molecule has 0 aliphatic rings. The average Bonchev–Trinajstić information content (AvgIpc) is 2.44. The first-order valence-corrected chi connectivity index (χ1v) is 8.65. The Labute approximate surface area is 117 Å². The monoisotopic (exact) mass is 284 g/mol. The lowest BCUT2D eigenvalue weighted by Crippen LogP contribution is -2.45. The molecule has 0 aromatic carbocycles. The van der Waals surface area contributed by atoms with Crippen LogP contribution in [0.15, 0.2) is 24.4 Å². The van der Waals surface area contributed by atoms with Crippen molar-refractivity contribution in [3.05, 3.63) is 30.1 Å². The lowest BCUT2D eigenvalue weighted by atomic mass is 10.1. The standard InChI is InChI=1S/C14H26NO3Si/c1-13(2)14-9-6-7-10-15(14)11-8-12-19(16-3,17-4)18-5/h6-7,9-10,13H,8,11-12H2,1-5H3/q+1. The second kappa shape index (κ2) is 7.74. The maximum absolute atomic E-state index is 5.44. The molecule has 0 saturated carbocycles. The molecule has 0 atom stereocenters. The van der Waals surface area contributed by atoms with Crippen molar-refractivity contribution in [3.8, 4) is 0 Å². The van der Waals surface area contributed by atoms with Gasteiger partial charge in [-0.1, -0.05) is 19.9 Å². The first kappa shape index (κ1) is 16.3. The van der Waals surface area contributed by atoms with Crippen LogP contribution in [0.1, 0.15) is 31.9 Å². The van der Waals surface area contributed by atoms with Crippen LogP contribution in [0.2, 0.25) is 6.04 Å². The average molecular weight is 284 g/mol. The molecule has 1 rings (SSSR count). The van der Waals surface area contributed by atoms with Crippen LogP contribution < -0.4 is 4.57 Å². The normalized spacial score (nSPS) is 12.1. The molecule has 4 nitrogen and oxygen atoms in total. The van der Waals surface area contributed by atoms with Crippen molar-refractivity contribution in [1.29, 1.82) is 0 Å². The molecule has 0 spiro atoms. The third-order valence-corrected chi connectivity index (χ3v) is 6.21. The van der Waals surface area contributed by atoms with E-state index in [1.165, 1.54) is 5.69 Å². The van der Waals surface area contributed by atoms with Crippen LogP contribution in [0, 0.1) is 0 Å². The summed E-state index contributed by atoms with van der Waals surface area (Å²) in [5.74, 6) is 0.524. The van der Waals surface area contributed by atoms with Gasteiger partial charge in [0, 0.05) is 51.8 Å². The molecule has 0 bridgehead atoms. The first-order valence-electron chi connectivity index (χ1n) is 6.72. The molecule has 0 N–H and O–H groups in total. The molecule has 1 heterocycles. The molecule has 108 valence electrons. The highest BCUT2D eigenvalue weighted by molar-refractivity contribution is 6.60. The van der Waals surface area contributed by atoms with Crippen LogP contribution in [-0.4, -0.2) is 30.1 Å². The van der Waals surface area contributed by atoms with E-state index in [4.69, 9.17) is 13.3 Å². The number of aryl methyl sites for hydroxylation is 1. The Kier molecular flexibility index (Phi) is 6.64. The Morgan fingerprint density at radius 3 is 2.26 bits per heavy atom. The van der Waals surface area contributed by atoms with Crippen molar-refractivity contribution >= 4 is 8.80 Å². The molecular weight excluding hydrogens is 258 g/mol. The molecule has 1 aromatic heterocycles. The summed E-state index contributed by atoms with van der Waals surface area (Å²) in [6.07, 6.45) is 3.11. The van der Waals surface area contributed by atoms with E-state index in [2.05, 4.69) is 42.8 Å². The molecular formula is C14H26NO3Si+. The SMILES string of the molecule is CO[Si](CCC[n+]1ccccc1C(C)C)(OC)OC. The molecule has 0 fully saturated rings. The largest absolute Gasteiger partial charge is 0.500 e. The second-order valence-corrected chi connectivity index (χ2v) is 7.96. The van der Waals surface area contributed by atoms with Crippen molar-refractivity contribution in [2.75, 3.05) is 21.3 Å². The van der Waals surface area contributed by atoms with Gasteiger partial charge in [-0.05, 0) is 0 Å². The fourth-order valence-corrected chi connectivity index (χ4v) is 3.94. The van der Waals surface area contributed by atoms with E-state index >= 15 is 0 Å². The van der Waals surface area contributed by atoms with Gasteiger partial charge >= 0.3 is 8.80 Å². The summed E-state index contributed by atoms with van der Waals surface area (Å²) in [6, 6.07) is 7.16. The molecule has 0 aliphatic heterocycles. The maximum Gasteiger partial charge on any atom is 0.500 e. The van der Waals surface area contributed by atoms with Crippen LogP contribution in [0.3, 0.4) is 0 Å². The number of aromatic nitrogens is 1. The summed E-state index contributed by atoms with van der Waals surface area (Å²) in [4.78, 5) is 0. The predicted octanol–water partition coefficient (Wildman–Crippen LogP) is 2.37. The van der Waals surface area contributed by atoms with Crippen LogP contribution >= 0.6 is 0 Å². The highest BCUT2D eigenvalue weighted by Crippen LogP contribution is 2.15. The lowest BCUT2D eigenvalue weighted by molar-refractivity contribution is -0.705. The molecule has 19 heavy (non-hydrogen) atoms. The maximum atomic E-state index is 5.44. The minimum absolute atomic E-state index is 0.524. The molecule has 0 radical (unpaired) electrons. The Morgan fingerprint density at radius 1 is 1.11 bits per heavy atom. The highest BCUT2D eigenvalue weighted by atomic mass is 28.4. The molecule has 0 amide bonds. The van der Waals surface area contributed by atoms with Gasteiger partial charge in [-0.3, -0.25) is 0 Å². The molecule has 5 heteroatoms. The summed E-state index contributed by atoms with van der Waals surface area (Å²) >= 11 is 0. The van der Waals surface area contributed by atoms with Crippen LogP contribution in [-0.2, 0) is 19.8 Å². The van der Waals surface area contributed by atoms with Gasteiger partial charge in [0.05, 0.1) is 0 Å². The van der Waals surface area contributed by atoms with E-state index in [1.807, 2.05) is 0 Å². The van der Waals surface area contributed by atoms with Crippen LogP contribution in [0.4, 0.5) is 0 Å². The zero-order valence-electron chi connectivity index (χ0n) is 12.7. The predicted molar refractivity (Wildman–Crippen MR) is 76.9 cm³/mol. The van der Waals surface area contributed by atoms with E-state index in [9.17, 15) is 0 Å². The van der Waals surface area contributed by atoms with E-state index in [1.54, 1.807) is 21.3 Å². The zero-order chi connectivity index (χ0) is 14.3. The van der Waals surface area contributed by atoms with Gasteiger partial charge < -0.3 is 13.3 Å². The lowest BCUT2D eigenvalue weighted by Gasteiger charge is -2.23. The zero-order valence-corrected chi connectivity index (χ0v) is 13.7. The summed E-state index contributed by atoms with van der Waals surface area (Å²) in [6.45, 7) is 5.38. The van der Waals surface area contributed by atoms with E-state index in [0.29, 0.717) is 5.92 Å².